The van der Waals surface area contributed by atoms with Crippen LogP contribution in [0.1, 0.15) is 85.9 Å². The number of aromatic nitrogens is 4. The van der Waals surface area contributed by atoms with Crippen molar-refractivity contribution in [2.45, 2.75) is 75.0 Å². The number of nitrogens with zero attached hydrogens (tertiary/aromatic N) is 4. The molecule has 4 heterocycles. The summed E-state index contributed by atoms with van der Waals surface area (Å²) in [6, 6.07) is 6.40. The number of carbonyl (C=O) groups excluding carboxylic acids is 4. The summed E-state index contributed by atoms with van der Waals surface area (Å²) in [6.45, 7) is 1.21. The maximum absolute atomic E-state index is 13.4. The molecule has 3 aliphatic rings. The molecule has 16 nitrogen and oxygen atoms in total. The first-order valence-electron chi connectivity index (χ1n) is 18.4. The molecule has 2 fully saturated rings. The van der Waals surface area contributed by atoms with Gasteiger partial charge in [0, 0.05) is 27.3 Å². The van der Waals surface area contributed by atoms with Crippen molar-refractivity contribution in [1.82, 2.24) is 40.4 Å². The van der Waals surface area contributed by atoms with E-state index >= 15 is 0 Å². The number of hydrogen-bond donors (Lipinski definition) is 4. The van der Waals surface area contributed by atoms with Crippen LogP contribution in [0.5, 0.6) is 0 Å². The van der Waals surface area contributed by atoms with Crippen molar-refractivity contribution in [3.63, 3.8) is 0 Å². The highest BCUT2D eigenvalue weighted by Gasteiger charge is 2.38. The first kappa shape index (κ1) is 38.5. The van der Waals surface area contributed by atoms with Gasteiger partial charge in [-0.3, -0.25) is 9.59 Å². The fourth-order valence-electron chi connectivity index (χ4n) is 7.75. The zero-order valence-corrected chi connectivity index (χ0v) is 31.3. The van der Waals surface area contributed by atoms with Gasteiger partial charge < -0.3 is 49.3 Å². The smallest absolute Gasteiger partial charge is 0.407 e. The van der Waals surface area contributed by atoms with Crippen LogP contribution in [0, 0.1) is 0 Å². The second-order valence-corrected chi connectivity index (χ2v) is 13.9. The molecule has 0 bridgehead atoms. The van der Waals surface area contributed by atoms with Gasteiger partial charge in [0.25, 0.3) is 0 Å². The summed E-state index contributed by atoms with van der Waals surface area (Å²) in [5.74, 6) is 1.36. The third-order valence-electron chi connectivity index (χ3n) is 10.6. The summed E-state index contributed by atoms with van der Waals surface area (Å²) in [4.78, 5) is 70.3. The Morgan fingerprint density at radius 3 is 1.76 bits per heavy atom. The number of benzene rings is 1. The number of allylic oxidation sites excluding steroid dienone is 2. The van der Waals surface area contributed by atoms with E-state index in [1.54, 1.807) is 16.0 Å². The van der Waals surface area contributed by atoms with E-state index in [1.807, 2.05) is 6.20 Å². The number of imidazole rings is 2. The Bertz CT molecular complexity index is 1810. The highest BCUT2D eigenvalue weighted by molar-refractivity contribution is 5.87. The Balaban J connectivity index is 1.06. The van der Waals surface area contributed by atoms with Crippen LogP contribution >= 0.6 is 0 Å². The van der Waals surface area contributed by atoms with Gasteiger partial charge in [-0.15, -0.1) is 0 Å². The monoisotopic (exact) mass is 746 g/mol. The van der Waals surface area contributed by atoms with Gasteiger partial charge in [0.1, 0.15) is 23.7 Å². The molecule has 0 saturated carbocycles. The number of ether oxygens (including phenoxy) is 4. The van der Waals surface area contributed by atoms with Crippen molar-refractivity contribution in [3.05, 3.63) is 65.6 Å². The second-order valence-electron chi connectivity index (χ2n) is 13.9. The highest BCUT2D eigenvalue weighted by atomic mass is 16.5. The van der Waals surface area contributed by atoms with Crippen LogP contribution in [0.4, 0.5) is 9.59 Å². The Morgan fingerprint density at radius 2 is 1.28 bits per heavy atom. The number of aromatic amines is 2. The fourth-order valence-corrected chi connectivity index (χ4v) is 7.75. The topological polar surface area (TPSA) is 193 Å². The van der Waals surface area contributed by atoms with Crippen molar-refractivity contribution in [1.29, 1.82) is 0 Å². The van der Waals surface area contributed by atoms with E-state index in [4.69, 9.17) is 18.9 Å². The molecule has 2 aromatic heterocycles. The van der Waals surface area contributed by atoms with Crippen LogP contribution in [-0.2, 0) is 28.5 Å². The van der Waals surface area contributed by atoms with Crippen molar-refractivity contribution >= 4 is 29.6 Å². The third-order valence-corrected chi connectivity index (χ3v) is 10.6. The predicted molar refractivity (Wildman–Crippen MR) is 197 cm³/mol. The molecule has 0 radical (unpaired) electrons. The number of alkyl carbamates (subject to hydrolysis) is 2. The summed E-state index contributed by atoms with van der Waals surface area (Å²) in [5.41, 5.74) is 5.31. The largest absolute Gasteiger partial charge is 0.453 e. The molecule has 2 aliphatic heterocycles. The number of nitrogens with one attached hydrogen (secondary N) is 4. The minimum atomic E-state index is -0.855. The van der Waals surface area contributed by atoms with Crippen molar-refractivity contribution in [3.8, 4) is 11.3 Å². The fraction of sp³-hybridized carbons (Fsp3) is 0.526. The first-order chi connectivity index (χ1) is 26.2. The van der Waals surface area contributed by atoms with Gasteiger partial charge in [0.05, 0.1) is 63.3 Å². The first-order valence-corrected chi connectivity index (χ1v) is 18.4. The Hall–Kier alpha value is -5.22. The molecule has 0 spiro atoms. The standard InChI is InChI=1S/C38H50N8O8/c1-51-21-29(43-37(49)53-3)35(47)45-17-5-7-31(45)33-39-19-27(41-33)25-13-9-23(10-14-25)24-11-15-26(16-12-24)28-20-40-34(42-28)32-8-6-18-46(32)36(48)30(22-52-2)44-38(50)54-4/h9-10,13-15,19-20,24,29-32H,5-8,11-12,16-18,21-22H2,1-4H3,(H,39,41)(H,40,42)(H,43,49)(H,44,50)/t24?,29-,30+,31-,32-/m0/s1. The van der Waals surface area contributed by atoms with E-state index < -0.39 is 24.3 Å². The summed E-state index contributed by atoms with van der Waals surface area (Å²) in [6.07, 6.45) is 10.5. The summed E-state index contributed by atoms with van der Waals surface area (Å²) < 4.78 is 19.8. The lowest BCUT2D eigenvalue weighted by atomic mass is 9.83. The minimum absolute atomic E-state index is 0.0357. The van der Waals surface area contributed by atoms with E-state index in [9.17, 15) is 19.2 Å². The molecule has 54 heavy (non-hydrogen) atoms. The number of amides is 4. The van der Waals surface area contributed by atoms with Gasteiger partial charge >= 0.3 is 12.2 Å². The third kappa shape index (κ3) is 8.60. The van der Waals surface area contributed by atoms with Gasteiger partial charge in [-0.05, 0) is 67.6 Å². The van der Waals surface area contributed by atoms with Crippen LogP contribution < -0.4 is 10.6 Å². The van der Waals surface area contributed by atoms with E-state index in [2.05, 4.69) is 60.9 Å². The maximum atomic E-state index is 13.4. The van der Waals surface area contributed by atoms with Gasteiger partial charge in [-0.1, -0.05) is 30.3 Å². The van der Waals surface area contributed by atoms with Gasteiger partial charge in [-0.2, -0.15) is 0 Å². The average molecular weight is 747 g/mol. The summed E-state index contributed by atoms with van der Waals surface area (Å²) >= 11 is 0. The molecular formula is C38H50N8O8. The molecule has 4 N–H and O–H groups in total. The predicted octanol–water partition coefficient (Wildman–Crippen LogP) is 4.22. The molecule has 5 atom stereocenters. The molecule has 1 aliphatic carbocycles. The van der Waals surface area contributed by atoms with Crippen molar-refractivity contribution in [2.75, 3.05) is 54.7 Å². The van der Waals surface area contributed by atoms with Crippen LogP contribution in [0.2, 0.25) is 0 Å². The molecule has 1 aromatic carbocycles. The number of likely N-dealkylation sites (tertiary alicyclic amines) is 2. The highest BCUT2D eigenvalue weighted by Crippen LogP contribution is 2.38. The van der Waals surface area contributed by atoms with Gasteiger partial charge in [0.2, 0.25) is 11.8 Å². The molecule has 2 saturated heterocycles. The Labute approximate surface area is 314 Å². The van der Waals surface area contributed by atoms with E-state index in [0.29, 0.717) is 24.8 Å². The van der Waals surface area contributed by atoms with E-state index in [-0.39, 0.29) is 37.1 Å². The van der Waals surface area contributed by atoms with Crippen molar-refractivity contribution < 1.29 is 38.1 Å². The Morgan fingerprint density at radius 1 is 0.759 bits per heavy atom. The number of methoxy groups -OCH3 is 4. The van der Waals surface area contributed by atoms with Gasteiger partial charge in [-0.25, -0.2) is 19.6 Å². The number of H-pyrrole nitrogens is 2. The van der Waals surface area contributed by atoms with Crippen LogP contribution in [0.15, 0.2) is 42.7 Å². The van der Waals surface area contributed by atoms with Gasteiger partial charge in [0.15, 0.2) is 0 Å². The van der Waals surface area contributed by atoms with E-state index in [0.717, 1.165) is 67.7 Å². The lowest BCUT2D eigenvalue weighted by Gasteiger charge is -2.28. The second kappa shape index (κ2) is 17.7. The number of hydrogen-bond acceptors (Lipinski definition) is 10. The molecule has 4 amide bonds. The quantitative estimate of drug-likeness (QED) is 0.197. The Kier molecular flexibility index (Phi) is 12.6. The minimum Gasteiger partial charge on any atom is -0.453 e. The molecule has 6 rings (SSSR count). The SMILES string of the molecule is COC[C@H](NC(=O)OC)C(=O)N1CCC[C@H]1c1ncc(-c2ccc(C3CC=C(c4cnc([C@@H]5CCCN5C(=O)[C@@H](COC)NC(=O)OC)[nH]4)CC3)cc2)[nH]1. The van der Waals surface area contributed by atoms with Crippen LogP contribution in [0.25, 0.3) is 16.8 Å². The summed E-state index contributed by atoms with van der Waals surface area (Å²) in [5, 5.41) is 5.16. The van der Waals surface area contributed by atoms with Crippen molar-refractivity contribution in [2.24, 2.45) is 0 Å². The molecule has 1 unspecified atom stereocenters. The zero-order valence-electron chi connectivity index (χ0n) is 31.3. The summed E-state index contributed by atoms with van der Waals surface area (Å²) in [7, 11) is 5.49. The zero-order chi connectivity index (χ0) is 38.2. The molecule has 3 aromatic rings. The lowest BCUT2D eigenvalue weighted by molar-refractivity contribution is -0.136. The normalized spacial score (nSPS) is 21.0. The molecular weight excluding hydrogens is 696 g/mol. The number of carbonyl (C=O) groups is 4. The molecule has 290 valence electrons. The number of rotatable bonds is 13. The lowest BCUT2D eigenvalue weighted by Crippen LogP contribution is -2.50. The maximum Gasteiger partial charge on any atom is 0.407 e. The van der Waals surface area contributed by atoms with Crippen LogP contribution in [0.3, 0.4) is 0 Å². The van der Waals surface area contributed by atoms with E-state index in [1.165, 1.54) is 39.6 Å². The van der Waals surface area contributed by atoms with Crippen LogP contribution in [-0.4, -0.2) is 121 Å². The average Bonchev–Trinajstić information content (AvgIpc) is 4.04. The molecule has 16 heteroatoms.